The molecular weight excluding hydrogens is 434 g/mol. The summed E-state index contributed by atoms with van der Waals surface area (Å²) in [5, 5.41) is 17.0. The molecule has 1 aliphatic rings. The molecule has 4 aromatic rings. The largest absolute Gasteiger partial charge is 0.477 e. The second-order valence-corrected chi connectivity index (χ2v) is 8.33. The third kappa shape index (κ3) is 3.19. The molecule has 2 aromatic carbocycles. The highest BCUT2D eigenvalue weighted by atomic mass is 32.1. The van der Waals surface area contributed by atoms with E-state index in [4.69, 9.17) is 4.74 Å². The van der Waals surface area contributed by atoms with Crippen LogP contribution in [-0.4, -0.2) is 29.0 Å². The minimum absolute atomic E-state index is 0.00467. The van der Waals surface area contributed by atoms with Crippen molar-refractivity contribution in [3.63, 3.8) is 0 Å². The molecule has 0 bridgehead atoms. The van der Waals surface area contributed by atoms with Crippen LogP contribution in [0.4, 0.5) is 8.78 Å². The number of thiophene rings is 1. The predicted molar refractivity (Wildman–Crippen MR) is 121 cm³/mol. The lowest BCUT2D eigenvalue weighted by Crippen LogP contribution is -2.30. The first-order valence-corrected chi connectivity index (χ1v) is 10.7. The number of methoxy groups -OCH3 is 1. The summed E-state index contributed by atoms with van der Waals surface area (Å²) in [6, 6.07) is 8.88. The van der Waals surface area contributed by atoms with Crippen LogP contribution in [0.25, 0.3) is 26.6 Å². The number of ether oxygens (including phenoxy) is 1. The van der Waals surface area contributed by atoms with E-state index in [-0.39, 0.29) is 17.8 Å². The van der Waals surface area contributed by atoms with E-state index < -0.39 is 23.8 Å². The van der Waals surface area contributed by atoms with Gasteiger partial charge in [-0.1, -0.05) is 12.1 Å². The van der Waals surface area contributed by atoms with Gasteiger partial charge < -0.3 is 19.7 Å². The molecule has 0 spiro atoms. The van der Waals surface area contributed by atoms with Crippen LogP contribution < -0.4 is 5.32 Å². The summed E-state index contributed by atoms with van der Waals surface area (Å²) in [6.45, 7) is -0.132. The molecule has 5 rings (SSSR count). The number of nitrogens with zero attached hydrogens (tertiary/aromatic N) is 1. The smallest absolute Gasteiger partial charge is 0.353 e. The molecule has 1 aliphatic heterocycles. The number of nitrogens with one attached hydrogen (secondary N) is 1. The topological polar surface area (TPSA) is 63.5 Å². The number of aromatic carboxylic acids is 1. The third-order valence-corrected chi connectivity index (χ3v) is 6.56. The van der Waals surface area contributed by atoms with Crippen molar-refractivity contribution in [2.45, 2.75) is 12.8 Å². The number of hydrogen-bond donors (Lipinski definition) is 2. The Kier molecular flexibility index (Phi) is 5.03. The minimum Gasteiger partial charge on any atom is -0.477 e. The maximum atomic E-state index is 14.5. The Labute approximate surface area is 185 Å². The van der Waals surface area contributed by atoms with E-state index in [0.29, 0.717) is 16.7 Å². The van der Waals surface area contributed by atoms with Crippen molar-refractivity contribution in [2.24, 2.45) is 0 Å². The van der Waals surface area contributed by atoms with Crippen LogP contribution in [0.3, 0.4) is 0 Å². The molecular formula is C24H18F2N2O3S. The fourth-order valence-electron chi connectivity index (χ4n) is 4.25. The maximum Gasteiger partial charge on any atom is 0.353 e. The molecule has 2 N–H and O–H groups in total. The van der Waals surface area contributed by atoms with Crippen LogP contribution in [0.2, 0.25) is 0 Å². The van der Waals surface area contributed by atoms with Crippen molar-refractivity contribution in [1.29, 1.82) is 0 Å². The molecule has 2 aromatic heterocycles. The van der Waals surface area contributed by atoms with E-state index in [9.17, 15) is 18.7 Å². The zero-order valence-electron chi connectivity index (χ0n) is 16.9. The van der Waals surface area contributed by atoms with Crippen LogP contribution in [0.5, 0.6) is 0 Å². The fourth-order valence-corrected chi connectivity index (χ4v) is 5.19. The molecule has 0 fully saturated rings. The maximum absolute atomic E-state index is 14.5. The molecule has 0 radical (unpaired) electrons. The van der Waals surface area contributed by atoms with Gasteiger partial charge in [-0.05, 0) is 53.4 Å². The van der Waals surface area contributed by atoms with Crippen molar-refractivity contribution in [1.82, 2.24) is 9.88 Å². The van der Waals surface area contributed by atoms with Crippen molar-refractivity contribution >= 4 is 43.9 Å². The monoisotopic (exact) mass is 452 g/mol. The van der Waals surface area contributed by atoms with E-state index in [1.54, 1.807) is 12.3 Å². The van der Waals surface area contributed by atoms with E-state index in [1.165, 1.54) is 23.0 Å². The fraction of sp³-hybridized carbons (Fsp3) is 0.125. The van der Waals surface area contributed by atoms with Crippen LogP contribution in [-0.2, 0) is 11.3 Å². The van der Waals surface area contributed by atoms with Crippen molar-refractivity contribution in [2.75, 3.05) is 7.11 Å². The third-order valence-electron chi connectivity index (χ3n) is 5.61. The number of dihydropyridines is 1. The summed E-state index contributed by atoms with van der Waals surface area (Å²) >= 11 is 1.50. The molecule has 0 amide bonds. The number of hydrogen-bond acceptors (Lipinski definition) is 4. The number of carbonyl (C=O) groups is 1. The Morgan fingerprint density at radius 3 is 2.88 bits per heavy atom. The van der Waals surface area contributed by atoms with Crippen molar-refractivity contribution < 1.29 is 23.4 Å². The average Bonchev–Trinajstić information content (AvgIpc) is 3.38. The highest BCUT2D eigenvalue weighted by molar-refractivity contribution is 7.18. The highest BCUT2D eigenvalue weighted by Gasteiger charge is 2.30. The van der Waals surface area contributed by atoms with Gasteiger partial charge in [-0.2, -0.15) is 0 Å². The normalized spacial score (nSPS) is 15.8. The van der Waals surface area contributed by atoms with Crippen LogP contribution in [0.1, 0.15) is 21.6 Å². The van der Waals surface area contributed by atoms with Gasteiger partial charge in [0.25, 0.3) is 0 Å². The van der Waals surface area contributed by atoms with Crippen LogP contribution in [0, 0.1) is 11.6 Å². The zero-order chi connectivity index (χ0) is 22.4. The lowest BCUT2D eigenvalue weighted by atomic mass is 9.98. The second kappa shape index (κ2) is 7.89. The lowest BCUT2D eigenvalue weighted by Gasteiger charge is -2.22. The first-order valence-electron chi connectivity index (χ1n) is 9.85. The Balaban J connectivity index is 1.88. The molecule has 8 heteroatoms. The molecule has 0 saturated carbocycles. The number of aromatic nitrogens is 1. The standard InChI is InChI=1S/C24H18F2N2O3S/c1-31-23-16(3-2-9-27-23)19-20-18(7-4-13-8-10-32-22(13)20)28(21(19)24(29)30)12-14-11-15(25)5-6-17(14)26/h2-11,23,27H,12H2,1H3,(H,29,30). The Hall–Kier alpha value is -3.49. The van der Waals surface area contributed by atoms with E-state index in [0.717, 1.165) is 33.7 Å². The highest BCUT2D eigenvalue weighted by Crippen LogP contribution is 2.41. The quantitative estimate of drug-likeness (QED) is 0.428. The predicted octanol–water partition coefficient (Wildman–Crippen LogP) is 5.35. The van der Waals surface area contributed by atoms with E-state index in [1.807, 2.05) is 29.7 Å². The Morgan fingerprint density at radius 2 is 2.09 bits per heavy atom. The number of carboxylic acids is 1. The summed E-state index contributed by atoms with van der Waals surface area (Å²) in [5.74, 6) is -2.35. The van der Waals surface area contributed by atoms with E-state index >= 15 is 0 Å². The summed E-state index contributed by atoms with van der Waals surface area (Å²) in [5.41, 5.74) is 1.84. The number of fused-ring (bicyclic) bond motifs is 3. The minimum atomic E-state index is -1.16. The zero-order valence-corrected chi connectivity index (χ0v) is 17.7. The Bertz CT molecular complexity index is 1430. The number of carboxylic acid groups (broad SMARTS) is 1. The van der Waals surface area contributed by atoms with Gasteiger partial charge in [0.1, 0.15) is 17.3 Å². The molecule has 1 atom stereocenters. The van der Waals surface area contributed by atoms with E-state index in [2.05, 4.69) is 5.32 Å². The molecule has 32 heavy (non-hydrogen) atoms. The molecule has 162 valence electrons. The molecule has 1 unspecified atom stereocenters. The van der Waals surface area contributed by atoms with Gasteiger partial charge in [-0.25, -0.2) is 13.6 Å². The number of benzene rings is 2. The summed E-state index contributed by atoms with van der Waals surface area (Å²) in [6.07, 6.45) is 4.75. The average molecular weight is 452 g/mol. The van der Waals surface area contributed by atoms with Gasteiger partial charge in [-0.15, -0.1) is 11.3 Å². The number of rotatable bonds is 5. The van der Waals surface area contributed by atoms with Crippen molar-refractivity contribution in [3.05, 3.63) is 88.6 Å². The van der Waals surface area contributed by atoms with Crippen LogP contribution >= 0.6 is 11.3 Å². The SMILES string of the molecule is COC1NC=CC=C1c1c(C(=O)O)n(Cc2cc(F)ccc2F)c2ccc3ccsc3c12. The lowest BCUT2D eigenvalue weighted by molar-refractivity contribution is 0.0685. The van der Waals surface area contributed by atoms with Gasteiger partial charge in [0.05, 0.1) is 12.1 Å². The van der Waals surface area contributed by atoms with Gasteiger partial charge in [0.15, 0.2) is 6.23 Å². The first-order chi connectivity index (χ1) is 15.5. The second-order valence-electron chi connectivity index (χ2n) is 7.41. The van der Waals surface area contributed by atoms with Gasteiger partial charge in [0.2, 0.25) is 0 Å². The van der Waals surface area contributed by atoms with Crippen molar-refractivity contribution in [3.8, 4) is 0 Å². The summed E-state index contributed by atoms with van der Waals surface area (Å²) < 4.78 is 36.4. The Morgan fingerprint density at radius 1 is 1.25 bits per heavy atom. The summed E-state index contributed by atoms with van der Waals surface area (Å²) in [7, 11) is 1.53. The summed E-state index contributed by atoms with van der Waals surface area (Å²) in [4.78, 5) is 12.6. The molecule has 0 saturated heterocycles. The van der Waals surface area contributed by atoms with Gasteiger partial charge >= 0.3 is 5.97 Å². The molecule has 3 heterocycles. The number of halogens is 2. The number of allylic oxidation sites excluding steroid dienone is 2. The molecule has 0 aliphatic carbocycles. The first kappa shape index (κ1) is 20.4. The van der Waals surface area contributed by atoms with Gasteiger partial charge in [-0.3, -0.25) is 0 Å². The van der Waals surface area contributed by atoms with Crippen LogP contribution in [0.15, 0.2) is 60.1 Å². The van der Waals surface area contributed by atoms with Gasteiger partial charge in [0, 0.05) is 33.9 Å². The molecule has 5 nitrogen and oxygen atoms in total.